The summed E-state index contributed by atoms with van der Waals surface area (Å²) in [6, 6.07) is 75.4. The number of rotatable bonds is 5. The minimum atomic E-state index is 1.23. The fraction of sp³-hybridized carbons (Fsp3) is 0. The third kappa shape index (κ3) is 5.08. The molecule has 10 aromatic carbocycles. The maximum absolute atomic E-state index is 2.37. The summed E-state index contributed by atoms with van der Waals surface area (Å²) in [5.74, 6) is 0. The van der Waals surface area contributed by atoms with Gasteiger partial charge in [0, 0.05) is 0 Å². The molecule has 0 bridgehead atoms. The lowest BCUT2D eigenvalue weighted by Gasteiger charge is -2.18. The van der Waals surface area contributed by atoms with E-state index in [9.17, 15) is 0 Å². The van der Waals surface area contributed by atoms with Crippen molar-refractivity contribution < 1.29 is 0 Å². The molecule has 0 amide bonds. The molecule has 0 saturated heterocycles. The highest BCUT2D eigenvalue weighted by molar-refractivity contribution is 6.21. The Kier molecular flexibility index (Phi) is 7.25. The summed E-state index contributed by atoms with van der Waals surface area (Å²) in [7, 11) is 0. The zero-order chi connectivity index (χ0) is 34.4. The van der Waals surface area contributed by atoms with E-state index in [2.05, 4.69) is 206 Å². The van der Waals surface area contributed by atoms with Crippen LogP contribution in [0.15, 0.2) is 206 Å². The molecule has 52 heavy (non-hydrogen) atoms. The summed E-state index contributed by atoms with van der Waals surface area (Å²) < 4.78 is 0. The minimum Gasteiger partial charge on any atom is -0.0622 e. The van der Waals surface area contributed by atoms with E-state index in [0.717, 1.165) is 0 Å². The van der Waals surface area contributed by atoms with Gasteiger partial charge < -0.3 is 0 Å². The molecule has 242 valence electrons. The zero-order valence-electron chi connectivity index (χ0n) is 28.6. The van der Waals surface area contributed by atoms with Crippen molar-refractivity contribution in [3.05, 3.63) is 206 Å². The topological polar surface area (TPSA) is 0 Å². The second-order valence-electron chi connectivity index (χ2n) is 13.6. The van der Waals surface area contributed by atoms with Crippen LogP contribution in [-0.2, 0) is 0 Å². The number of fused-ring (bicyclic) bond motifs is 4. The molecule has 0 aliphatic heterocycles. The van der Waals surface area contributed by atoms with E-state index in [-0.39, 0.29) is 0 Å². The van der Waals surface area contributed by atoms with Crippen molar-refractivity contribution in [2.75, 3.05) is 0 Å². The van der Waals surface area contributed by atoms with Gasteiger partial charge in [-0.1, -0.05) is 188 Å². The predicted molar refractivity (Wildman–Crippen MR) is 224 cm³/mol. The molecule has 10 rings (SSSR count). The van der Waals surface area contributed by atoms with Crippen LogP contribution < -0.4 is 0 Å². The lowest BCUT2D eigenvalue weighted by atomic mass is 9.85. The van der Waals surface area contributed by atoms with Crippen LogP contribution in [0.5, 0.6) is 0 Å². The molecule has 0 fully saturated rings. The summed E-state index contributed by atoms with van der Waals surface area (Å²) in [4.78, 5) is 0. The average molecular weight is 659 g/mol. The maximum atomic E-state index is 2.37. The van der Waals surface area contributed by atoms with Gasteiger partial charge in [0.1, 0.15) is 0 Å². The minimum absolute atomic E-state index is 1.23. The summed E-state index contributed by atoms with van der Waals surface area (Å²) >= 11 is 0. The molecule has 0 aliphatic rings. The van der Waals surface area contributed by atoms with E-state index in [1.54, 1.807) is 0 Å². The Morgan fingerprint density at radius 1 is 0.192 bits per heavy atom. The molecular weight excluding hydrogens is 625 g/mol. The van der Waals surface area contributed by atoms with Gasteiger partial charge in [0.25, 0.3) is 0 Å². The van der Waals surface area contributed by atoms with Crippen LogP contribution in [0, 0.1) is 0 Å². The molecule has 0 nitrogen and oxygen atoms in total. The Bertz CT molecular complexity index is 2880. The lowest BCUT2D eigenvalue weighted by Crippen LogP contribution is -1.91. The van der Waals surface area contributed by atoms with Crippen LogP contribution in [-0.4, -0.2) is 0 Å². The Morgan fingerprint density at radius 3 is 1.13 bits per heavy atom. The molecule has 0 heterocycles. The highest BCUT2D eigenvalue weighted by atomic mass is 14.2. The molecule has 0 unspecified atom stereocenters. The van der Waals surface area contributed by atoms with Crippen LogP contribution >= 0.6 is 0 Å². The van der Waals surface area contributed by atoms with Gasteiger partial charge in [-0.25, -0.2) is 0 Å². The smallest absolute Gasteiger partial charge is 0.00262 e. The van der Waals surface area contributed by atoms with Gasteiger partial charge in [0.2, 0.25) is 0 Å². The Morgan fingerprint density at radius 2 is 0.577 bits per heavy atom. The summed E-state index contributed by atoms with van der Waals surface area (Å²) in [6.45, 7) is 0. The highest BCUT2D eigenvalue weighted by Gasteiger charge is 2.17. The highest BCUT2D eigenvalue weighted by Crippen LogP contribution is 2.44. The predicted octanol–water partition coefficient (Wildman–Crippen LogP) is 14.6. The van der Waals surface area contributed by atoms with Crippen LogP contribution in [0.2, 0.25) is 0 Å². The van der Waals surface area contributed by atoms with Gasteiger partial charge in [-0.2, -0.15) is 0 Å². The second kappa shape index (κ2) is 12.5. The third-order valence-corrected chi connectivity index (χ3v) is 10.6. The van der Waals surface area contributed by atoms with Crippen molar-refractivity contribution in [1.82, 2.24) is 0 Å². The normalized spacial score (nSPS) is 11.5. The zero-order valence-corrected chi connectivity index (χ0v) is 28.6. The molecule has 0 spiro atoms. The van der Waals surface area contributed by atoms with Crippen LogP contribution in [0.3, 0.4) is 0 Å². The molecule has 0 aromatic heterocycles. The SMILES string of the molecule is c1ccc(-c2cccc(-c3ccc(-c4ccc5cc(-c6c7ccccc7c(-c7ccccc7)c7ccccc67)ccc5c4)c4ccccc34)c2)cc1. The van der Waals surface area contributed by atoms with Crippen molar-refractivity contribution in [3.63, 3.8) is 0 Å². The second-order valence-corrected chi connectivity index (χ2v) is 13.6. The van der Waals surface area contributed by atoms with Crippen LogP contribution in [0.1, 0.15) is 0 Å². The standard InChI is InChI=1S/C52H34/c1-3-14-35(15-4-1)37-18-13-19-40(32-37)43-30-31-44(46-21-8-7-20-45(43)46)41-28-26-39-34-42(29-27-38(39)33-41)52-49-24-11-9-22-47(49)51(36-16-5-2-6-17-36)48-23-10-12-25-50(48)52/h1-34H. The molecule has 0 heteroatoms. The largest absolute Gasteiger partial charge is 0.0622 e. The van der Waals surface area contributed by atoms with Gasteiger partial charge in [0.15, 0.2) is 0 Å². The van der Waals surface area contributed by atoms with Crippen molar-refractivity contribution in [1.29, 1.82) is 0 Å². The molecular formula is C52H34. The van der Waals surface area contributed by atoms with E-state index in [1.807, 2.05) is 0 Å². The Balaban J connectivity index is 1.08. The fourth-order valence-electron chi connectivity index (χ4n) is 8.22. The van der Waals surface area contributed by atoms with Gasteiger partial charge in [-0.3, -0.25) is 0 Å². The van der Waals surface area contributed by atoms with Gasteiger partial charge in [-0.15, -0.1) is 0 Å². The molecule has 0 saturated carbocycles. The van der Waals surface area contributed by atoms with E-state index in [4.69, 9.17) is 0 Å². The fourth-order valence-corrected chi connectivity index (χ4v) is 8.22. The number of hydrogen-bond donors (Lipinski definition) is 0. The van der Waals surface area contributed by atoms with E-state index in [0.29, 0.717) is 0 Å². The van der Waals surface area contributed by atoms with Crippen molar-refractivity contribution in [2.24, 2.45) is 0 Å². The molecule has 0 N–H and O–H groups in total. The van der Waals surface area contributed by atoms with E-state index >= 15 is 0 Å². The first-order chi connectivity index (χ1) is 25.8. The first-order valence-corrected chi connectivity index (χ1v) is 18.0. The van der Waals surface area contributed by atoms with Crippen LogP contribution in [0.25, 0.3) is 98.7 Å². The monoisotopic (exact) mass is 658 g/mol. The molecule has 0 atom stereocenters. The Labute approximate surface area is 303 Å². The Hall–Kier alpha value is -6.76. The first kappa shape index (κ1) is 30.1. The van der Waals surface area contributed by atoms with Gasteiger partial charge >= 0.3 is 0 Å². The van der Waals surface area contributed by atoms with Crippen molar-refractivity contribution in [2.45, 2.75) is 0 Å². The first-order valence-electron chi connectivity index (χ1n) is 18.0. The van der Waals surface area contributed by atoms with Crippen molar-refractivity contribution >= 4 is 43.1 Å². The van der Waals surface area contributed by atoms with E-state index in [1.165, 1.54) is 98.7 Å². The third-order valence-electron chi connectivity index (χ3n) is 10.6. The summed E-state index contributed by atoms with van der Waals surface area (Å²) in [5, 5.41) is 10.1. The van der Waals surface area contributed by atoms with Crippen LogP contribution in [0.4, 0.5) is 0 Å². The summed E-state index contributed by atoms with van der Waals surface area (Å²) in [6.07, 6.45) is 0. The van der Waals surface area contributed by atoms with Gasteiger partial charge in [0.05, 0.1) is 0 Å². The molecule has 10 aromatic rings. The van der Waals surface area contributed by atoms with E-state index < -0.39 is 0 Å². The van der Waals surface area contributed by atoms with Gasteiger partial charge in [-0.05, 0) is 117 Å². The molecule has 0 radical (unpaired) electrons. The maximum Gasteiger partial charge on any atom is -0.00262 e. The molecule has 0 aliphatic carbocycles. The lowest BCUT2D eigenvalue weighted by molar-refractivity contribution is 1.60. The number of hydrogen-bond acceptors (Lipinski definition) is 0. The number of benzene rings is 10. The summed E-state index contributed by atoms with van der Waals surface area (Å²) in [5.41, 5.74) is 12.5. The average Bonchev–Trinajstić information content (AvgIpc) is 3.22. The van der Waals surface area contributed by atoms with Crippen molar-refractivity contribution in [3.8, 4) is 55.6 Å². The quantitative estimate of drug-likeness (QED) is 0.161.